The molecule has 0 aliphatic heterocycles. The van der Waals surface area contributed by atoms with Crippen molar-refractivity contribution in [2.24, 2.45) is 0 Å². The summed E-state index contributed by atoms with van der Waals surface area (Å²) in [6, 6.07) is 3.31. The zero-order chi connectivity index (χ0) is 13.2. The zero-order valence-electron chi connectivity index (χ0n) is 10.0. The standard InChI is InChI=1S/C11H16FNO3S/c1-8-4-5-10(12)11(6-8)17(15,16)13(3)9(2)7-14/h4-6,9,14H,7H2,1-3H3. The fraction of sp³-hybridized carbons (Fsp3) is 0.455. The maximum absolute atomic E-state index is 13.5. The molecular weight excluding hydrogens is 245 g/mol. The topological polar surface area (TPSA) is 57.6 Å². The van der Waals surface area contributed by atoms with Crippen molar-refractivity contribution in [2.45, 2.75) is 24.8 Å². The van der Waals surface area contributed by atoms with Crippen LogP contribution in [0, 0.1) is 12.7 Å². The van der Waals surface area contributed by atoms with Crippen LogP contribution in [0.4, 0.5) is 4.39 Å². The highest BCUT2D eigenvalue weighted by atomic mass is 32.2. The molecule has 0 aromatic heterocycles. The molecule has 0 heterocycles. The van der Waals surface area contributed by atoms with Gasteiger partial charge in [0.2, 0.25) is 10.0 Å². The van der Waals surface area contributed by atoms with Crippen molar-refractivity contribution >= 4 is 10.0 Å². The van der Waals surface area contributed by atoms with Crippen molar-refractivity contribution in [1.29, 1.82) is 0 Å². The molecule has 0 spiro atoms. The third-order valence-corrected chi connectivity index (χ3v) is 4.62. The summed E-state index contributed by atoms with van der Waals surface area (Å²) >= 11 is 0. The largest absolute Gasteiger partial charge is 0.395 e. The molecule has 1 unspecified atom stereocenters. The average molecular weight is 261 g/mol. The number of aliphatic hydroxyl groups excluding tert-OH is 1. The van der Waals surface area contributed by atoms with E-state index in [2.05, 4.69) is 0 Å². The van der Waals surface area contributed by atoms with E-state index in [1.807, 2.05) is 0 Å². The molecule has 6 heteroatoms. The van der Waals surface area contributed by atoms with Crippen LogP contribution in [0.5, 0.6) is 0 Å². The molecule has 0 bridgehead atoms. The Labute approximate surface area is 101 Å². The number of hydrogen-bond donors (Lipinski definition) is 1. The fourth-order valence-electron chi connectivity index (χ4n) is 1.32. The van der Waals surface area contributed by atoms with Gasteiger partial charge in [-0.15, -0.1) is 0 Å². The Bertz CT molecular complexity index is 501. The Hall–Kier alpha value is -0.980. The van der Waals surface area contributed by atoms with Crippen molar-refractivity contribution in [1.82, 2.24) is 4.31 Å². The summed E-state index contributed by atoms with van der Waals surface area (Å²) in [5, 5.41) is 8.94. The lowest BCUT2D eigenvalue weighted by Gasteiger charge is -2.22. The number of benzene rings is 1. The van der Waals surface area contributed by atoms with Gasteiger partial charge in [-0.2, -0.15) is 4.31 Å². The van der Waals surface area contributed by atoms with Gasteiger partial charge in [0.1, 0.15) is 10.7 Å². The third-order valence-electron chi connectivity index (χ3n) is 2.63. The first kappa shape index (κ1) is 14.1. The SMILES string of the molecule is Cc1ccc(F)c(S(=O)(=O)N(C)C(C)CO)c1. The van der Waals surface area contributed by atoms with Gasteiger partial charge in [0.15, 0.2) is 0 Å². The second-order valence-electron chi connectivity index (χ2n) is 3.99. The maximum atomic E-state index is 13.5. The van der Waals surface area contributed by atoms with Crippen LogP contribution in [0.2, 0.25) is 0 Å². The number of halogens is 1. The predicted octanol–water partition coefficient (Wildman–Crippen LogP) is 1.14. The Balaban J connectivity index is 3.26. The van der Waals surface area contributed by atoms with Crippen LogP contribution >= 0.6 is 0 Å². The maximum Gasteiger partial charge on any atom is 0.246 e. The molecule has 1 aromatic carbocycles. The van der Waals surface area contributed by atoms with Crippen LogP contribution in [0.15, 0.2) is 23.1 Å². The summed E-state index contributed by atoms with van der Waals surface area (Å²) in [4.78, 5) is -0.361. The lowest BCUT2D eigenvalue weighted by atomic mass is 10.2. The van der Waals surface area contributed by atoms with E-state index >= 15 is 0 Å². The van der Waals surface area contributed by atoms with E-state index in [0.717, 1.165) is 10.4 Å². The van der Waals surface area contributed by atoms with E-state index in [1.165, 1.54) is 19.2 Å². The normalized spacial score (nSPS) is 14.0. The second kappa shape index (κ2) is 5.12. The van der Waals surface area contributed by atoms with Crippen LogP contribution in [-0.4, -0.2) is 37.5 Å². The van der Waals surface area contributed by atoms with E-state index in [9.17, 15) is 12.8 Å². The second-order valence-corrected chi connectivity index (χ2v) is 5.95. The number of rotatable bonds is 4. The van der Waals surface area contributed by atoms with Crippen molar-refractivity contribution in [2.75, 3.05) is 13.7 Å². The molecule has 0 radical (unpaired) electrons. The number of nitrogens with zero attached hydrogens (tertiary/aromatic N) is 1. The highest BCUT2D eigenvalue weighted by molar-refractivity contribution is 7.89. The molecule has 0 saturated carbocycles. The molecule has 1 aromatic rings. The molecule has 1 rings (SSSR count). The van der Waals surface area contributed by atoms with Crippen molar-refractivity contribution in [3.63, 3.8) is 0 Å². The molecule has 4 nitrogen and oxygen atoms in total. The number of aryl methyl sites for hydroxylation is 1. The summed E-state index contributed by atoms with van der Waals surface area (Å²) < 4.78 is 38.6. The van der Waals surface area contributed by atoms with Crippen LogP contribution in [0.25, 0.3) is 0 Å². The smallest absolute Gasteiger partial charge is 0.246 e. The van der Waals surface area contributed by atoms with E-state index in [4.69, 9.17) is 5.11 Å². The summed E-state index contributed by atoms with van der Waals surface area (Å²) in [7, 11) is -2.59. The molecule has 0 saturated heterocycles. The Kier molecular flexibility index (Phi) is 4.24. The molecule has 1 atom stereocenters. The van der Waals surface area contributed by atoms with Crippen LogP contribution in [0.1, 0.15) is 12.5 Å². The minimum atomic E-state index is -3.91. The minimum absolute atomic E-state index is 0.316. The van der Waals surface area contributed by atoms with Gasteiger partial charge in [-0.3, -0.25) is 0 Å². The lowest BCUT2D eigenvalue weighted by Crippen LogP contribution is -2.37. The quantitative estimate of drug-likeness (QED) is 0.884. The Morgan fingerprint density at radius 3 is 2.59 bits per heavy atom. The van der Waals surface area contributed by atoms with Gasteiger partial charge < -0.3 is 5.11 Å². The van der Waals surface area contributed by atoms with E-state index < -0.39 is 21.9 Å². The van der Waals surface area contributed by atoms with E-state index in [0.29, 0.717) is 5.56 Å². The number of hydrogen-bond acceptors (Lipinski definition) is 3. The fourth-order valence-corrected chi connectivity index (χ4v) is 2.82. The molecule has 0 fully saturated rings. The summed E-state index contributed by atoms with van der Waals surface area (Å²) in [6.45, 7) is 2.92. The number of likely N-dealkylation sites (N-methyl/N-ethyl adjacent to an activating group) is 1. The third kappa shape index (κ3) is 2.83. The van der Waals surface area contributed by atoms with Gasteiger partial charge in [0, 0.05) is 13.1 Å². The first-order valence-corrected chi connectivity index (χ1v) is 6.59. The summed E-state index contributed by atoms with van der Waals surface area (Å²) in [5.74, 6) is -0.785. The molecule has 0 aliphatic rings. The van der Waals surface area contributed by atoms with E-state index in [-0.39, 0.29) is 11.5 Å². The van der Waals surface area contributed by atoms with E-state index in [1.54, 1.807) is 13.8 Å². The van der Waals surface area contributed by atoms with Crippen molar-refractivity contribution in [3.8, 4) is 0 Å². The van der Waals surface area contributed by atoms with Gasteiger partial charge in [-0.25, -0.2) is 12.8 Å². The Morgan fingerprint density at radius 1 is 1.47 bits per heavy atom. The van der Waals surface area contributed by atoms with Gasteiger partial charge in [-0.1, -0.05) is 6.07 Å². The minimum Gasteiger partial charge on any atom is -0.395 e. The van der Waals surface area contributed by atoms with Crippen molar-refractivity contribution < 1.29 is 17.9 Å². The summed E-state index contributed by atoms with van der Waals surface area (Å²) in [5.41, 5.74) is 0.662. The highest BCUT2D eigenvalue weighted by Gasteiger charge is 2.27. The first-order valence-electron chi connectivity index (χ1n) is 5.15. The van der Waals surface area contributed by atoms with Crippen LogP contribution in [-0.2, 0) is 10.0 Å². The first-order chi connectivity index (χ1) is 7.80. The monoisotopic (exact) mass is 261 g/mol. The average Bonchev–Trinajstić information content (AvgIpc) is 2.30. The molecule has 0 aliphatic carbocycles. The molecule has 1 N–H and O–H groups in total. The molecule has 0 amide bonds. The zero-order valence-corrected chi connectivity index (χ0v) is 10.8. The van der Waals surface area contributed by atoms with Gasteiger partial charge >= 0.3 is 0 Å². The molecule has 17 heavy (non-hydrogen) atoms. The molecular formula is C11H16FNO3S. The number of aliphatic hydroxyl groups is 1. The van der Waals surface area contributed by atoms with Gasteiger partial charge in [-0.05, 0) is 31.5 Å². The van der Waals surface area contributed by atoms with Crippen LogP contribution < -0.4 is 0 Å². The molecule has 96 valence electrons. The van der Waals surface area contributed by atoms with Gasteiger partial charge in [0.25, 0.3) is 0 Å². The predicted molar refractivity (Wildman–Crippen MR) is 62.6 cm³/mol. The van der Waals surface area contributed by atoms with Crippen molar-refractivity contribution in [3.05, 3.63) is 29.6 Å². The Morgan fingerprint density at radius 2 is 2.06 bits per heavy atom. The highest BCUT2D eigenvalue weighted by Crippen LogP contribution is 2.20. The lowest BCUT2D eigenvalue weighted by molar-refractivity contribution is 0.213. The van der Waals surface area contributed by atoms with Gasteiger partial charge in [0.05, 0.1) is 6.61 Å². The summed E-state index contributed by atoms with van der Waals surface area (Å²) in [6.07, 6.45) is 0. The number of sulfonamides is 1. The van der Waals surface area contributed by atoms with Crippen LogP contribution in [0.3, 0.4) is 0 Å².